The van der Waals surface area contributed by atoms with Gasteiger partial charge in [0.1, 0.15) is 5.78 Å². The molecular formula is C12H16BrNO2S. The van der Waals surface area contributed by atoms with Crippen LogP contribution in [0, 0.1) is 5.92 Å². The molecule has 0 saturated carbocycles. The topological polar surface area (TPSA) is 38.3 Å². The molecule has 2 unspecified atom stereocenters. The Labute approximate surface area is 114 Å². The molecule has 0 aliphatic carbocycles. The summed E-state index contributed by atoms with van der Waals surface area (Å²) < 4.78 is 6.44. The Kier molecular flexibility index (Phi) is 4.73. The molecule has 2 heterocycles. The molecule has 0 aromatic carbocycles. The van der Waals surface area contributed by atoms with Crippen LogP contribution in [-0.4, -0.2) is 31.6 Å². The summed E-state index contributed by atoms with van der Waals surface area (Å²) in [6, 6.07) is 2.17. The van der Waals surface area contributed by atoms with E-state index in [0.717, 1.165) is 15.9 Å². The summed E-state index contributed by atoms with van der Waals surface area (Å²) in [7, 11) is 0. The van der Waals surface area contributed by atoms with Crippen LogP contribution in [0.3, 0.4) is 0 Å². The standard InChI is InChI=1S/C12H16BrNO2S/c1-2-14-10-7-16-6-8(10)11(15)5-12-9(13)3-4-17-12/h3-4,8,10,14H,2,5-7H2,1H3. The highest BCUT2D eigenvalue weighted by Gasteiger charge is 2.33. The van der Waals surface area contributed by atoms with Crippen molar-refractivity contribution in [2.45, 2.75) is 19.4 Å². The van der Waals surface area contributed by atoms with E-state index in [9.17, 15) is 4.79 Å². The molecular weight excluding hydrogens is 302 g/mol. The molecule has 3 nitrogen and oxygen atoms in total. The first-order valence-electron chi connectivity index (χ1n) is 5.78. The van der Waals surface area contributed by atoms with Gasteiger partial charge in [0.2, 0.25) is 0 Å². The second-order valence-corrected chi connectivity index (χ2v) is 6.00. The van der Waals surface area contributed by atoms with E-state index in [0.29, 0.717) is 19.6 Å². The van der Waals surface area contributed by atoms with Gasteiger partial charge in [-0.15, -0.1) is 11.3 Å². The molecule has 94 valence electrons. The van der Waals surface area contributed by atoms with Gasteiger partial charge in [-0.3, -0.25) is 4.79 Å². The number of carbonyl (C=O) groups is 1. The van der Waals surface area contributed by atoms with E-state index >= 15 is 0 Å². The molecule has 1 aromatic heterocycles. The lowest BCUT2D eigenvalue weighted by atomic mass is 9.96. The number of nitrogens with one attached hydrogen (secondary N) is 1. The molecule has 17 heavy (non-hydrogen) atoms. The Balaban J connectivity index is 1.98. The zero-order valence-electron chi connectivity index (χ0n) is 9.74. The van der Waals surface area contributed by atoms with Crippen LogP contribution < -0.4 is 5.32 Å². The highest BCUT2D eigenvalue weighted by molar-refractivity contribution is 9.10. The van der Waals surface area contributed by atoms with Gasteiger partial charge < -0.3 is 10.1 Å². The lowest BCUT2D eigenvalue weighted by Gasteiger charge is -2.16. The van der Waals surface area contributed by atoms with Gasteiger partial charge in [0.05, 0.1) is 19.1 Å². The normalized spacial score (nSPS) is 24.1. The first kappa shape index (κ1) is 13.2. The second kappa shape index (κ2) is 6.09. The summed E-state index contributed by atoms with van der Waals surface area (Å²) >= 11 is 5.08. The van der Waals surface area contributed by atoms with Crippen LogP contribution >= 0.6 is 27.3 Å². The molecule has 0 spiro atoms. The molecule has 2 rings (SSSR count). The third-order valence-corrected chi connectivity index (χ3v) is 4.91. The predicted octanol–water partition coefficient (Wildman–Crippen LogP) is 2.25. The van der Waals surface area contributed by atoms with Crippen molar-refractivity contribution >= 4 is 33.0 Å². The quantitative estimate of drug-likeness (QED) is 0.905. The molecule has 1 aromatic rings. The minimum absolute atomic E-state index is 0.00366. The van der Waals surface area contributed by atoms with E-state index in [1.807, 2.05) is 11.4 Å². The number of thiophene rings is 1. The van der Waals surface area contributed by atoms with Crippen LogP contribution in [0.25, 0.3) is 0 Å². The Bertz CT molecular complexity index is 394. The number of Topliss-reactive ketones (excluding diaryl/α,β-unsaturated/α-hetero) is 1. The van der Waals surface area contributed by atoms with Crippen molar-refractivity contribution < 1.29 is 9.53 Å². The zero-order valence-corrected chi connectivity index (χ0v) is 12.1. The van der Waals surface area contributed by atoms with Gasteiger partial charge in [-0.05, 0) is 33.9 Å². The maximum absolute atomic E-state index is 12.2. The minimum atomic E-state index is 0.00366. The average Bonchev–Trinajstić information content (AvgIpc) is 2.89. The monoisotopic (exact) mass is 317 g/mol. The molecule has 2 atom stereocenters. The summed E-state index contributed by atoms with van der Waals surface area (Å²) in [4.78, 5) is 13.3. The maximum atomic E-state index is 12.2. The van der Waals surface area contributed by atoms with Gasteiger partial charge in [0.25, 0.3) is 0 Å². The fraction of sp³-hybridized carbons (Fsp3) is 0.583. The van der Waals surface area contributed by atoms with Crippen molar-refractivity contribution in [2.24, 2.45) is 5.92 Å². The SMILES string of the molecule is CCNC1COCC1C(=O)Cc1sccc1Br. The van der Waals surface area contributed by atoms with Gasteiger partial charge >= 0.3 is 0 Å². The van der Waals surface area contributed by atoms with Crippen molar-refractivity contribution in [1.82, 2.24) is 5.32 Å². The van der Waals surface area contributed by atoms with Gasteiger partial charge in [-0.1, -0.05) is 6.92 Å². The van der Waals surface area contributed by atoms with E-state index in [4.69, 9.17) is 4.74 Å². The molecule has 0 amide bonds. The first-order chi connectivity index (χ1) is 8.22. The van der Waals surface area contributed by atoms with Crippen LogP contribution in [0.1, 0.15) is 11.8 Å². The van der Waals surface area contributed by atoms with Crippen molar-refractivity contribution in [2.75, 3.05) is 19.8 Å². The number of carbonyl (C=O) groups excluding carboxylic acids is 1. The Hall–Kier alpha value is -0.230. The summed E-state index contributed by atoms with van der Waals surface area (Å²) in [5.41, 5.74) is 0. The van der Waals surface area contributed by atoms with Crippen LogP contribution in [0.5, 0.6) is 0 Å². The van der Waals surface area contributed by atoms with Crippen LogP contribution in [-0.2, 0) is 16.0 Å². The van der Waals surface area contributed by atoms with Crippen LogP contribution in [0.4, 0.5) is 0 Å². The number of halogens is 1. The molecule has 1 aliphatic heterocycles. The highest BCUT2D eigenvalue weighted by Crippen LogP contribution is 2.25. The van der Waals surface area contributed by atoms with E-state index in [1.54, 1.807) is 11.3 Å². The van der Waals surface area contributed by atoms with E-state index in [-0.39, 0.29) is 17.7 Å². The van der Waals surface area contributed by atoms with Gasteiger partial charge in [-0.2, -0.15) is 0 Å². The second-order valence-electron chi connectivity index (χ2n) is 4.14. The minimum Gasteiger partial charge on any atom is -0.379 e. The van der Waals surface area contributed by atoms with Crippen molar-refractivity contribution in [3.63, 3.8) is 0 Å². The summed E-state index contributed by atoms with van der Waals surface area (Å²) in [6.07, 6.45) is 0.508. The van der Waals surface area contributed by atoms with Crippen LogP contribution in [0.15, 0.2) is 15.9 Å². The number of hydrogen-bond acceptors (Lipinski definition) is 4. The number of hydrogen-bond donors (Lipinski definition) is 1. The fourth-order valence-electron chi connectivity index (χ4n) is 2.08. The van der Waals surface area contributed by atoms with E-state index < -0.39 is 0 Å². The van der Waals surface area contributed by atoms with E-state index in [2.05, 4.69) is 28.2 Å². The molecule has 1 aliphatic rings. The number of likely N-dealkylation sites (N-methyl/N-ethyl adjacent to an activating group) is 1. The molecule has 1 saturated heterocycles. The zero-order chi connectivity index (χ0) is 12.3. The van der Waals surface area contributed by atoms with Crippen molar-refractivity contribution in [3.8, 4) is 0 Å². The van der Waals surface area contributed by atoms with Crippen molar-refractivity contribution in [3.05, 3.63) is 20.8 Å². The van der Waals surface area contributed by atoms with Gasteiger partial charge in [-0.25, -0.2) is 0 Å². The third-order valence-electron chi connectivity index (χ3n) is 2.99. The Morgan fingerprint density at radius 2 is 2.47 bits per heavy atom. The average molecular weight is 318 g/mol. The first-order valence-corrected chi connectivity index (χ1v) is 7.45. The lowest BCUT2D eigenvalue weighted by molar-refractivity contribution is -0.122. The largest absolute Gasteiger partial charge is 0.379 e. The number of rotatable bonds is 5. The Morgan fingerprint density at radius 1 is 1.65 bits per heavy atom. The number of ether oxygens (including phenoxy) is 1. The molecule has 5 heteroatoms. The van der Waals surface area contributed by atoms with Crippen LogP contribution in [0.2, 0.25) is 0 Å². The fourth-order valence-corrected chi connectivity index (χ4v) is 3.58. The Morgan fingerprint density at radius 3 is 3.12 bits per heavy atom. The number of ketones is 1. The van der Waals surface area contributed by atoms with Gasteiger partial charge in [0.15, 0.2) is 0 Å². The summed E-state index contributed by atoms with van der Waals surface area (Å²) in [5, 5.41) is 5.32. The summed E-state index contributed by atoms with van der Waals surface area (Å²) in [6.45, 7) is 4.13. The smallest absolute Gasteiger partial charge is 0.145 e. The molecule has 0 bridgehead atoms. The lowest BCUT2D eigenvalue weighted by Crippen LogP contribution is -2.39. The molecule has 1 fully saturated rings. The predicted molar refractivity (Wildman–Crippen MR) is 72.5 cm³/mol. The molecule has 0 radical (unpaired) electrons. The molecule has 1 N–H and O–H groups in total. The van der Waals surface area contributed by atoms with E-state index in [1.165, 1.54) is 0 Å². The van der Waals surface area contributed by atoms with Gasteiger partial charge in [0, 0.05) is 21.8 Å². The van der Waals surface area contributed by atoms with Crippen molar-refractivity contribution in [1.29, 1.82) is 0 Å². The maximum Gasteiger partial charge on any atom is 0.145 e. The third kappa shape index (κ3) is 3.16. The summed E-state index contributed by atoms with van der Waals surface area (Å²) in [5.74, 6) is 0.278. The highest BCUT2D eigenvalue weighted by atomic mass is 79.9.